The van der Waals surface area contributed by atoms with Crippen LogP contribution in [0.15, 0.2) is 24.3 Å². The molecule has 1 aliphatic rings. The molecule has 0 bridgehead atoms. The van der Waals surface area contributed by atoms with Crippen LogP contribution >= 0.6 is 0 Å². The minimum atomic E-state index is -0.587. The van der Waals surface area contributed by atoms with E-state index in [1.807, 2.05) is 0 Å². The first-order valence-corrected chi connectivity index (χ1v) is 8.78. The van der Waals surface area contributed by atoms with Crippen LogP contribution in [0.5, 0.6) is 5.75 Å². The molecule has 6 heteroatoms. The van der Waals surface area contributed by atoms with Gasteiger partial charge < -0.3 is 19.7 Å². The van der Waals surface area contributed by atoms with Crippen molar-refractivity contribution in [3.05, 3.63) is 29.8 Å². The number of amides is 1. The van der Waals surface area contributed by atoms with Crippen molar-refractivity contribution in [2.45, 2.75) is 25.9 Å². The summed E-state index contributed by atoms with van der Waals surface area (Å²) < 4.78 is 10.7. The normalized spacial score (nSPS) is 16.8. The number of carbonyl (C=O) groups excluding carboxylic acids is 1. The Balaban J connectivity index is 1.70. The first-order chi connectivity index (χ1) is 12.1. The summed E-state index contributed by atoms with van der Waals surface area (Å²) in [5, 5.41) is 11.9. The van der Waals surface area contributed by atoms with Crippen LogP contribution in [0.2, 0.25) is 0 Å². The Morgan fingerprint density at radius 1 is 1.44 bits per heavy atom. The van der Waals surface area contributed by atoms with E-state index in [1.165, 1.54) is 0 Å². The number of likely N-dealkylation sites (tertiary alicyclic amines) is 1. The molecule has 6 nitrogen and oxygen atoms in total. The second kappa shape index (κ2) is 10.0. The third kappa shape index (κ3) is 6.37. The van der Waals surface area contributed by atoms with Gasteiger partial charge in [0, 0.05) is 20.2 Å². The lowest BCUT2D eigenvalue weighted by molar-refractivity contribution is -0.127. The van der Waals surface area contributed by atoms with E-state index in [1.54, 1.807) is 38.3 Å². The molecule has 0 saturated carbocycles. The van der Waals surface area contributed by atoms with Crippen LogP contribution in [0, 0.1) is 17.2 Å². The van der Waals surface area contributed by atoms with E-state index in [4.69, 9.17) is 14.7 Å². The Bertz CT molecular complexity index is 592. The standard InChI is InChI=1S/C19H27N3O3/c1-15(25-18-5-3-4-17(12-18)13-20)19(23)21-14-16-6-8-22(9-7-16)10-11-24-2/h3-5,12,15-16H,6-11,14H2,1-2H3,(H,21,23)/t15-/m0/s1. The molecule has 0 radical (unpaired) electrons. The lowest BCUT2D eigenvalue weighted by Gasteiger charge is -2.31. The molecule has 0 spiro atoms. The molecule has 25 heavy (non-hydrogen) atoms. The predicted octanol–water partition coefficient (Wildman–Crippen LogP) is 1.80. The molecular weight excluding hydrogens is 318 g/mol. The zero-order valence-corrected chi connectivity index (χ0v) is 15.0. The van der Waals surface area contributed by atoms with Gasteiger partial charge in [0.05, 0.1) is 18.2 Å². The average Bonchev–Trinajstić information content (AvgIpc) is 2.65. The van der Waals surface area contributed by atoms with Gasteiger partial charge in [0.2, 0.25) is 0 Å². The Hall–Kier alpha value is -2.10. The maximum atomic E-state index is 12.2. The van der Waals surface area contributed by atoms with Crippen molar-refractivity contribution in [2.75, 3.05) is 39.9 Å². The quantitative estimate of drug-likeness (QED) is 0.778. The van der Waals surface area contributed by atoms with E-state index in [0.29, 0.717) is 23.8 Å². The second-order valence-corrected chi connectivity index (χ2v) is 6.42. The van der Waals surface area contributed by atoms with E-state index in [9.17, 15) is 4.79 Å². The molecule has 0 aliphatic carbocycles. The SMILES string of the molecule is COCCN1CCC(CNC(=O)[C@H](C)Oc2cccc(C#N)c2)CC1. The van der Waals surface area contributed by atoms with Gasteiger partial charge in [-0.05, 0) is 57.0 Å². The molecule has 1 atom stereocenters. The maximum absolute atomic E-state index is 12.2. The fraction of sp³-hybridized carbons (Fsp3) is 0.579. The highest BCUT2D eigenvalue weighted by Crippen LogP contribution is 2.17. The van der Waals surface area contributed by atoms with Crippen LogP contribution in [0.3, 0.4) is 0 Å². The number of carbonyl (C=O) groups is 1. The third-order valence-electron chi connectivity index (χ3n) is 4.53. The number of methoxy groups -OCH3 is 1. The van der Waals surface area contributed by atoms with Crippen LogP contribution in [-0.2, 0) is 9.53 Å². The Labute approximate surface area is 149 Å². The molecule has 136 valence electrons. The van der Waals surface area contributed by atoms with Gasteiger partial charge in [-0.15, -0.1) is 0 Å². The number of nitriles is 1. The number of hydrogen-bond acceptors (Lipinski definition) is 5. The lowest BCUT2D eigenvalue weighted by Crippen LogP contribution is -2.42. The molecule has 1 fully saturated rings. The molecule has 2 rings (SSSR count). The second-order valence-electron chi connectivity index (χ2n) is 6.42. The number of ether oxygens (including phenoxy) is 2. The highest BCUT2D eigenvalue weighted by Gasteiger charge is 2.21. The number of hydrogen-bond donors (Lipinski definition) is 1. The first kappa shape index (κ1) is 19.2. The van der Waals surface area contributed by atoms with E-state index >= 15 is 0 Å². The van der Waals surface area contributed by atoms with Crippen LogP contribution in [0.1, 0.15) is 25.3 Å². The molecule has 1 aliphatic heterocycles. The Morgan fingerprint density at radius 2 is 2.20 bits per heavy atom. The summed E-state index contributed by atoms with van der Waals surface area (Å²) in [6.07, 6.45) is 1.59. The predicted molar refractivity (Wildman–Crippen MR) is 95.3 cm³/mol. The molecule has 0 unspecified atom stereocenters. The Morgan fingerprint density at radius 3 is 2.88 bits per heavy atom. The van der Waals surface area contributed by atoms with Crippen molar-refractivity contribution in [1.29, 1.82) is 5.26 Å². The Kier molecular flexibility index (Phi) is 7.71. The number of nitrogens with one attached hydrogen (secondary N) is 1. The summed E-state index contributed by atoms with van der Waals surface area (Å²) in [4.78, 5) is 14.6. The van der Waals surface area contributed by atoms with Gasteiger partial charge >= 0.3 is 0 Å². The summed E-state index contributed by atoms with van der Waals surface area (Å²) in [5.74, 6) is 0.925. The zero-order chi connectivity index (χ0) is 18.1. The minimum absolute atomic E-state index is 0.121. The fourth-order valence-electron chi connectivity index (χ4n) is 2.92. The molecular formula is C19H27N3O3. The summed E-state index contributed by atoms with van der Waals surface area (Å²) >= 11 is 0. The molecule has 1 heterocycles. The molecule has 1 N–H and O–H groups in total. The van der Waals surface area contributed by atoms with Gasteiger partial charge in [-0.25, -0.2) is 0 Å². The third-order valence-corrected chi connectivity index (χ3v) is 4.53. The monoisotopic (exact) mass is 345 g/mol. The molecule has 0 aromatic heterocycles. The van der Waals surface area contributed by atoms with Crippen molar-refractivity contribution in [2.24, 2.45) is 5.92 Å². The number of benzene rings is 1. The molecule has 1 saturated heterocycles. The van der Waals surface area contributed by atoms with Gasteiger partial charge in [0.1, 0.15) is 5.75 Å². The highest BCUT2D eigenvalue weighted by molar-refractivity contribution is 5.80. The number of piperidine rings is 1. The zero-order valence-electron chi connectivity index (χ0n) is 15.0. The smallest absolute Gasteiger partial charge is 0.260 e. The van der Waals surface area contributed by atoms with Gasteiger partial charge in [0.25, 0.3) is 5.91 Å². The molecule has 1 amide bonds. The molecule has 1 aromatic rings. The number of nitrogens with zero attached hydrogens (tertiary/aromatic N) is 2. The lowest BCUT2D eigenvalue weighted by atomic mass is 9.97. The van der Waals surface area contributed by atoms with Gasteiger partial charge in [0.15, 0.2) is 6.10 Å². The summed E-state index contributed by atoms with van der Waals surface area (Å²) in [5.41, 5.74) is 0.519. The maximum Gasteiger partial charge on any atom is 0.260 e. The topological polar surface area (TPSA) is 74.6 Å². The van der Waals surface area contributed by atoms with Gasteiger partial charge in [-0.3, -0.25) is 4.79 Å². The first-order valence-electron chi connectivity index (χ1n) is 8.78. The van der Waals surface area contributed by atoms with E-state index < -0.39 is 6.10 Å². The van der Waals surface area contributed by atoms with Crippen LogP contribution in [0.25, 0.3) is 0 Å². The van der Waals surface area contributed by atoms with Gasteiger partial charge in [-0.1, -0.05) is 6.07 Å². The summed E-state index contributed by atoms with van der Waals surface area (Å²) in [7, 11) is 1.72. The van der Waals surface area contributed by atoms with E-state index in [0.717, 1.165) is 39.1 Å². The van der Waals surface area contributed by atoms with Crippen molar-refractivity contribution in [1.82, 2.24) is 10.2 Å². The van der Waals surface area contributed by atoms with Crippen molar-refractivity contribution >= 4 is 5.91 Å². The average molecular weight is 345 g/mol. The van der Waals surface area contributed by atoms with Crippen molar-refractivity contribution in [3.8, 4) is 11.8 Å². The van der Waals surface area contributed by atoms with Crippen LogP contribution in [0.4, 0.5) is 0 Å². The summed E-state index contributed by atoms with van der Waals surface area (Å²) in [6.45, 7) is 6.25. The largest absolute Gasteiger partial charge is 0.481 e. The number of rotatable bonds is 8. The van der Waals surface area contributed by atoms with E-state index in [-0.39, 0.29) is 5.91 Å². The molecule has 1 aromatic carbocycles. The van der Waals surface area contributed by atoms with Crippen molar-refractivity contribution < 1.29 is 14.3 Å². The minimum Gasteiger partial charge on any atom is -0.481 e. The van der Waals surface area contributed by atoms with Crippen LogP contribution in [-0.4, -0.2) is 56.8 Å². The van der Waals surface area contributed by atoms with E-state index in [2.05, 4.69) is 16.3 Å². The van der Waals surface area contributed by atoms with Crippen molar-refractivity contribution in [3.63, 3.8) is 0 Å². The van der Waals surface area contributed by atoms with Crippen LogP contribution < -0.4 is 10.1 Å². The summed E-state index contributed by atoms with van der Waals surface area (Å²) in [6, 6.07) is 8.90. The highest BCUT2D eigenvalue weighted by atomic mass is 16.5. The van der Waals surface area contributed by atoms with Gasteiger partial charge in [-0.2, -0.15) is 5.26 Å². The fourth-order valence-corrected chi connectivity index (χ4v) is 2.92.